The van der Waals surface area contributed by atoms with Crippen molar-refractivity contribution in [1.29, 1.82) is 0 Å². The summed E-state index contributed by atoms with van der Waals surface area (Å²) in [6, 6.07) is 13.5. The maximum atomic E-state index is 13.2. The zero-order chi connectivity index (χ0) is 24.0. The summed E-state index contributed by atoms with van der Waals surface area (Å²) in [5.74, 6) is -0.321. The Morgan fingerprint density at radius 3 is 2.30 bits per heavy atom. The largest absolute Gasteiger partial charge is 0.353 e. The normalized spacial score (nSPS) is 13.2. The molecule has 0 fully saturated rings. The molecule has 0 unspecified atom stereocenters. The lowest BCUT2D eigenvalue weighted by atomic mass is 10.1. The van der Waals surface area contributed by atoms with Gasteiger partial charge in [-0.25, -0.2) is 5.01 Å². The smallest absolute Gasteiger partial charge is 0.256 e. The number of halogens is 2. The summed E-state index contributed by atoms with van der Waals surface area (Å²) in [7, 11) is 1.76. The van der Waals surface area contributed by atoms with Crippen LogP contribution in [0.15, 0.2) is 42.5 Å². The lowest BCUT2D eigenvalue weighted by Crippen LogP contribution is -2.48. The van der Waals surface area contributed by atoms with Crippen molar-refractivity contribution in [2.45, 2.75) is 33.0 Å². The molecule has 2 amide bonds. The van der Waals surface area contributed by atoms with Crippen LogP contribution in [0.5, 0.6) is 0 Å². The fraction of sp³-hybridized carbons (Fsp3) is 0.417. The van der Waals surface area contributed by atoms with Gasteiger partial charge in [0, 0.05) is 44.3 Å². The lowest BCUT2D eigenvalue weighted by molar-refractivity contribution is -0.145. The highest BCUT2D eigenvalue weighted by molar-refractivity contribution is 6.36. The van der Waals surface area contributed by atoms with Crippen LogP contribution in [0, 0.1) is 0 Å². The van der Waals surface area contributed by atoms with E-state index in [2.05, 4.69) is 22.8 Å². The first-order valence-electron chi connectivity index (χ1n) is 11.0. The van der Waals surface area contributed by atoms with Crippen LogP contribution in [0.4, 0.5) is 5.69 Å². The number of hydrogen-bond acceptors (Lipinski definition) is 5. The molecule has 1 aliphatic rings. The van der Waals surface area contributed by atoms with Crippen molar-refractivity contribution < 1.29 is 9.59 Å². The summed E-state index contributed by atoms with van der Waals surface area (Å²) in [5.41, 5.74) is 3.01. The molecular weight excluding hydrogens is 461 g/mol. The quantitative estimate of drug-likeness (QED) is 0.499. The molecular formula is C24H31Cl2N5O2. The number of nitrogens with zero attached hydrogens (tertiary/aromatic N) is 3. The predicted molar refractivity (Wildman–Crippen MR) is 133 cm³/mol. The summed E-state index contributed by atoms with van der Waals surface area (Å²) in [4.78, 5) is 27.5. The molecule has 0 saturated heterocycles. The van der Waals surface area contributed by atoms with Crippen LogP contribution in [0.3, 0.4) is 0 Å². The summed E-state index contributed by atoms with van der Waals surface area (Å²) < 4.78 is 0. The van der Waals surface area contributed by atoms with Gasteiger partial charge in [-0.15, -0.1) is 0 Å². The van der Waals surface area contributed by atoms with Gasteiger partial charge in [-0.2, -0.15) is 0 Å². The molecule has 0 bridgehead atoms. The molecule has 0 saturated carbocycles. The number of likely N-dealkylation sites (N-methyl/N-ethyl adjacent to an activating group) is 1. The van der Waals surface area contributed by atoms with Crippen molar-refractivity contribution in [2.75, 3.05) is 38.1 Å². The number of rotatable bonds is 10. The summed E-state index contributed by atoms with van der Waals surface area (Å²) in [6.45, 7) is 6.61. The monoisotopic (exact) mass is 491 g/mol. The highest BCUT2D eigenvalue weighted by atomic mass is 35.5. The van der Waals surface area contributed by atoms with Crippen LogP contribution in [0.1, 0.15) is 25.0 Å². The van der Waals surface area contributed by atoms with Crippen molar-refractivity contribution in [1.82, 2.24) is 20.7 Å². The number of nitrogens with one attached hydrogen (secondary N) is 2. The number of amides is 2. The van der Waals surface area contributed by atoms with Gasteiger partial charge in [-0.3, -0.25) is 14.6 Å². The van der Waals surface area contributed by atoms with Gasteiger partial charge in [0.25, 0.3) is 5.91 Å². The fourth-order valence-corrected chi connectivity index (χ4v) is 4.23. The Hall–Kier alpha value is -2.32. The van der Waals surface area contributed by atoms with E-state index in [1.54, 1.807) is 35.2 Å². The van der Waals surface area contributed by atoms with E-state index in [4.69, 9.17) is 23.2 Å². The first-order chi connectivity index (χ1) is 15.7. The Morgan fingerprint density at radius 1 is 1.03 bits per heavy atom. The van der Waals surface area contributed by atoms with E-state index in [1.807, 2.05) is 31.0 Å². The minimum absolute atomic E-state index is 0.00234. The maximum Gasteiger partial charge on any atom is 0.256 e. The molecule has 178 valence electrons. The second-order valence-corrected chi connectivity index (χ2v) is 9.26. The molecule has 3 rings (SSSR count). The van der Waals surface area contributed by atoms with Crippen molar-refractivity contribution in [3.63, 3.8) is 0 Å². The zero-order valence-corrected chi connectivity index (χ0v) is 20.8. The Bertz CT molecular complexity index is 960. The average molecular weight is 492 g/mol. The van der Waals surface area contributed by atoms with Gasteiger partial charge < -0.3 is 15.5 Å². The molecule has 0 radical (unpaired) electrons. The SMILES string of the molecule is CC(C)NCCNC(=O)CN(CC(=O)N(C)N1Cc2ccccc2C1)c1ccc(Cl)cc1Cl. The maximum absolute atomic E-state index is 13.2. The Morgan fingerprint density at radius 2 is 1.70 bits per heavy atom. The van der Waals surface area contributed by atoms with Crippen molar-refractivity contribution in [3.8, 4) is 0 Å². The third-order valence-corrected chi connectivity index (χ3v) is 6.06. The second-order valence-electron chi connectivity index (χ2n) is 8.42. The van der Waals surface area contributed by atoms with E-state index in [9.17, 15) is 9.59 Å². The highest BCUT2D eigenvalue weighted by Crippen LogP contribution is 2.29. The van der Waals surface area contributed by atoms with Gasteiger partial charge in [-0.05, 0) is 29.3 Å². The summed E-state index contributed by atoms with van der Waals surface area (Å²) >= 11 is 12.5. The molecule has 1 aliphatic heterocycles. The number of carbonyl (C=O) groups excluding carboxylic acids is 2. The Balaban J connectivity index is 1.67. The number of benzene rings is 2. The van der Waals surface area contributed by atoms with Crippen molar-refractivity contribution >= 4 is 40.7 Å². The first-order valence-corrected chi connectivity index (χ1v) is 11.8. The number of hydrazine groups is 1. The topological polar surface area (TPSA) is 67.9 Å². The Kier molecular flexibility index (Phi) is 8.97. The third kappa shape index (κ3) is 7.08. The highest BCUT2D eigenvalue weighted by Gasteiger charge is 2.27. The van der Waals surface area contributed by atoms with E-state index in [1.165, 1.54) is 11.1 Å². The molecule has 33 heavy (non-hydrogen) atoms. The molecule has 0 spiro atoms. The van der Waals surface area contributed by atoms with Crippen LogP contribution in [0.2, 0.25) is 10.0 Å². The van der Waals surface area contributed by atoms with Gasteiger partial charge in [0.15, 0.2) is 0 Å². The van der Waals surface area contributed by atoms with Crippen LogP contribution in [-0.2, 0) is 22.7 Å². The van der Waals surface area contributed by atoms with Gasteiger partial charge in [0.05, 0.1) is 23.8 Å². The molecule has 2 N–H and O–H groups in total. The van der Waals surface area contributed by atoms with Crippen LogP contribution >= 0.6 is 23.2 Å². The van der Waals surface area contributed by atoms with Gasteiger partial charge in [0.1, 0.15) is 0 Å². The standard InChI is InChI=1S/C24H31Cl2N5O2/c1-17(2)27-10-11-28-23(32)15-30(22-9-8-20(25)12-21(22)26)16-24(33)29(3)31-13-18-6-4-5-7-19(18)14-31/h4-9,12,17,27H,10-11,13-16H2,1-3H3,(H,28,32). The summed E-state index contributed by atoms with van der Waals surface area (Å²) in [5, 5.41) is 10.6. The van der Waals surface area contributed by atoms with Gasteiger partial charge >= 0.3 is 0 Å². The molecule has 0 aromatic heterocycles. The minimum atomic E-state index is -0.185. The third-order valence-electron chi connectivity index (χ3n) is 5.52. The number of hydrogen-bond donors (Lipinski definition) is 2. The number of fused-ring (bicyclic) bond motifs is 1. The van der Waals surface area contributed by atoms with E-state index in [0.717, 1.165) is 0 Å². The van der Waals surface area contributed by atoms with Gasteiger partial charge in [-0.1, -0.05) is 61.3 Å². The second kappa shape index (κ2) is 11.7. The van der Waals surface area contributed by atoms with Crippen LogP contribution < -0.4 is 15.5 Å². The lowest BCUT2D eigenvalue weighted by Gasteiger charge is -2.31. The predicted octanol–water partition coefficient (Wildman–Crippen LogP) is 3.30. The molecule has 0 aliphatic carbocycles. The van der Waals surface area contributed by atoms with E-state index < -0.39 is 0 Å². The summed E-state index contributed by atoms with van der Waals surface area (Å²) in [6.07, 6.45) is 0. The minimum Gasteiger partial charge on any atom is -0.353 e. The zero-order valence-electron chi connectivity index (χ0n) is 19.3. The van der Waals surface area contributed by atoms with E-state index >= 15 is 0 Å². The van der Waals surface area contributed by atoms with Crippen molar-refractivity contribution in [3.05, 3.63) is 63.6 Å². The molecule has 2 aromatic rings. The molecule has 7 nitrogen and oxygen atoms in total. The van der Waals surface area contributed by atoms with Crippen LogP contribution in [0.25, 0.3) is 0 Å². The molecule has 9 heteroatoms. The molecule has 0 atom stereocenters. The Labute approximate surface area is 205 Å². The fourth-order valence-electron chi connectivity index (χ4n) is 3.71. The van der Waals surface area contributed by atoms with Gasteiger partial charge in [0.2, 0.25) is 5.91 Å². The van der Waals surface area contributed by atoms with Crippen molar-refractivity contribution in [2.24, 2.45) is 0 Å². The van der Waals surface area contributed by atoms with E-state index in [-0.39, 0.29) is 24.9 Å². The molecule has 2 aromatic carbocycles. The van der Waals surface area contributed by atoms with E-state index in [0.29, 0.717) is 48.0 Å². The number of carbonyl (C=O) groups is 2. The average Bonchev–Trinajstić information content (AvgIpc) is 3.20. The number of anilines is 1. The van der Waals surface area contributed by atoms with Crippen LogP contribution in [-0.4, -0.2) is 61.1 Å². The first kappa shape index (κ1) is 25.3. The molecule has 1 heterocycles.